The molecule has 9 nitrogen and oxygen atoms in total. The molecule has 0 radical (unpaired) electrons. The van der Waals surface area contributed by atoms with Gasteiger partial charge in [-0.15, -0.1) is 0 Å². The molecule has 0 bridgehead atoms. The molecule has 1 aromatic carbocycles. The van der Waals surface area contributed by atoms with Gasteiger partial charge in [-0.2, -0.15) is 0 Å². The molecule has 1 amide bonds. The first-order chi connectivity index (χ1) is 17.4. The van der Waals surface area contributed by atoms with Crippen LogP contribution in [0, 0.1) is 6.92 Å². The van der Waals surface area contributed by atoms with E-state index in [1.807, 2.05) is 6.92 Å². The van der Waals surface area contributed by atoms with E-state index < -0.39 is 15.9 Å². The highest BCUT2D eigenvalue weighted by Crippen LogP contribution is 2.29. The second kappa shape index (κ2) is 10.9. The predicted octanol–water partition coefficient (Wildman–Crippen LogP) is 3.38. The molecule has 0 atom stereocenters. The van der Waals surface area contributed by atoms with Crippen LogP contribution >= 0.6 is 0 Å². The molecular weight excluding hydrogens is 506 g/mol. The van der Waals surface area contributed by atoms with Crippen LogP contribution in [0.15, 0.2) is 30.6 Å². The van der Waals surface area contributed by atoms with Crippen molar-refractivity contribution in [2.45, 2.75) is 57.7 Å². The minimum Gasteiger partial charge on any atom is -0.474 e. The first-order valence-corrected chi connectivity index (χ1v) is 14.1. The number of rotatable bonds is 7. The molecule has 2 aliphatic rings. The van der Waals surface area contributed by atoms with Gasteiger partial charge < -0.3 is 14.4 Å². The lowest BCUT2D eigenvalue weighted by Crippen LogP contribution is -2.42. The van der Waals surface area contributed by atoms with Crippen molar-refractivity contribution in [1.29, 1.82) is 0 Å². The molecule has 4 rings (SSSR count). The zero-order valence-electron chi connectivity index (χ0n) is 21.2. The topological polar surface area (TPSA) is 102 Å². The normalized spacial score (nSPS) is 18.6. The van der Waals surface area contributed by atoms with Crippen molar-refractivity contribution in [3.63, 3.8) is 0 Å². The molecule has 2 saturated heterocycles. The average molecular weight is 539 g/mol. The predicted molar refractivity (Wildman–Crippen MR) is 132 cm³/mol. The van der Waals surface area contributed by atoms with E-state index in [2.05, 4.69) is 9.97 Å². The first-order valence-electron chi connectivity index (χ1n) is 12.3. The van der Waals surface area contributed by atoms with Crippen LogP contribution in [-0.2, 0) is 15.9 Å². The largest absolute Gasteiger partial charge is 0.474 e. The highest BCUT2D eigenvalue weighted by molar-refractivity contribution is 7.88. The van der Waals surface area contributed by atoms with Crippen molar-refractivity contribution in [1.82, 2.24) is 19.2 Å². The highest BCUT2D eigenvalue weighted by atomic mass is 32.2. The zero-order valence-corrected chi connectivity index (χ0v) is 22.0. The minimum absolute atomic E-state index is 0.126. The van der Waals surface area contributed by atoms with E-state index in [1.165, 1.54) is 41.2 Å². The summed E-state index contributed by atoms with van der Waals surface area (Å²) in [6.07, 6.45) is 4.63. The average Bonchev–Trinajstić information content (AvgIpc) is 2.86. The van der Waals surface area contributed by atoms with E-state index in [1.54, 1.807) is 4.90 Å². The van der Waals surface area contributed by atoms with Gasteiger partial charge in [0.15, 0.2) is 0 Å². The molecule has 1 aromatic heterocycles. The van der Waals surface area contributed by atoms with E-state index >= 15 is 0 Å². The molecule has 2 aromatic rings. The quantitative estimate of drug-likeness (QED) is 0.533. The van der Waals surface area contributed by atoms with E-state index in [4.69, 9.17) is 9.47 Å². The number of amides is 1. The number of carbonyl (C=O) groups excluding carboxylic acids is 1. The molecule has 0 unspecified atom stereocenters. The smallest absolute Gasteiger partial charge is 0.270 e. The van der Waals surface area contributed by atoms with Crippen LogP contribution in [-0.4, -0.2) is 78.1 Å². The Morgan fingerprint density at radius 1 is 0.946 bits per heavy atom. The van der Waals surface area contributed by atoms with Crippen LogP contribution in [0.4, 0.5) is 8.78 Å². The number of likely N-dealkylation sites (tertiary alicyclic amines) is 1. The Hall–Kier alpha value is -2.86. The van der Waals surface area contributed by atoms with Gasteiger partial charge in [-0.05, 0) is 31.9 Å². The Bertz CT molecular complexity index is 1200. The molecule has 202 valence electrons. The number of alkyl halides is 2. The maximum absolute atomic E-state index is 13.4. The fraction of sp³-hybridized carbons (Fsp3) is 0.560. The fourth-order valence-electron chi connectivity index (χ4n) is 4.52. The summed E-state index contributed by atoms with van der Waals surface area (Å²) in [5, 5.41) is 0. The maximum Gasteiger partial charge on any atom is 0.270 e. The van der Waals surface area contributed by atoms with Gasteiger partial charge in [0.05, 0.1) is 11.8 Å². The Morgan fingerprint density at radius 3 is 1.89 bits per heavy atom. The third-order valence-corrected chi connectivity index (χ3v) is 8.09. The number of halogens is 2. The summed E-state index contributed by atoms with van der Waals surface area (Å²) in [6.45, 7) is 4.40. The van der Waals surface area contributed by atoms with Gasteiger partial charge in [-0.3, -0.25) is 4.79 Å². The van der Waals surface area contributed by atoms with E-state index in [0.29, 0.717) is 74.7 Å². The standard InChI is InChI=1S/C25H32F2N4O5S/c1-17-22(28-16-29-23(17)36-21-10-14-31(15-11-21)37(3,33)34)35-20-8-12-30(13-9-20)24(32)18-4-6-19(7-5-18)25(2,26)27/h4-7,16,20-21H,8-15H2,1-3H3. The van der Waals surface area contributed by atoms with Crippen molar-refractivity contribution in [2.75, 3.05) is 32.4 Å². The van der Waals surface area contributed by atoms with Crippen molar-refractivity contribution < 1.29 is 31.5 Å². The monoisotopic (exact) mass is 538 g/mol. The number of sulfonamides is 1. The van der Waals surface area contributed by atoms with Gasteiger partial charge in [-0.25, -0.2) is 31.5 Å². The Labute approximate surface area is 215 Å². The molecule has 37 heavy (non-hydrogen) atoms. The molecular formula is C25H32F2N4O5S. The molecule has 0 saturated carbocycles. The lowest BCUT2D eigenvalue weighted by Gasteiger charge is -2.32. The number of nitrogens with zero attached hydrogens (tertiary/aromatic N) is 4. The molecule has 3 heterocycles. The highest BCUT2D eigenvalue weighted by Gasteiger charge is 2.29. The lowest BCUT2D eigenvalue weighted by atomic mass is 10.0. The Balaban J connectivity index is 1.30. The summed E-state index contributed by atoms with van der Waals surface area (Å²) < 4.78 is 63.9. The second-order valence-electron chi connectivity index (χ2n) is 9.66. The Morgan fingerprint density at radius 2 is 1.43 bits per heavy atom. The van der Waals surface area contributed by atoms with Crippen LogP contribution in [0.25, 0.3) is 0 Å². The summed E-state index contributed by atoms with van der Waals surface area (Å²) in [7, 11) is -3.21. The summed E-state index contributed by atoms with van der Waals surface area (Å²) in [6, 6.07) is 5.45. The SMILES string of the molecule is Cc1c(OC2CCN(C(=O)c3ccc(C(C)(F)F)cc3)CC2)ncnc1OC1CCN(S(C)(=O)=O)CC1. The summed E-state index contributed by atoms with van der Waals surface area (Å²) in [5.41, 5.74) is 0.918. The van der Waals surface area contributed by atoms with Crippen molar-refractivity contribution >= 4 is 15.9 Å². The molecule has 2 aliphatic heterocycles. The number of hydrogen-bond acceptors (Lipinski definition) is 7. The number of benzene rings is 1. The van der Waals surface area contributed by atoms with Crippen LogP contribution in [0.5, 0.6) is 11.8 Å². The van der Waals surface area contributed by atoms with Gasteiger partial charge in [-0.1, -0.05) is 12.1 Å². The van der Waals surface area contributed by atoms with Gasteiger partial charge in [0, 0.05) is 57.1 Å². The molecule has 12 heteroatoms. The molecule has 0 aliphatic carbocycles. The molecule has 0 N–H and O–H groups in total. The van der Waals surface area contributed by atoms with Gasteiger partial charge in [0.1, 0.15) is 18.5 Å². The summed E-state index contributed by atoms with van der Waals surface area (Å²) in [4.78, 5) is 23.0. The van der Waals surface area contributed by atoms with E-state index in [9.17, 15) is 22.0 Å². The van der Waals surface area contributed by atoms with Crippen LogP contribution in [0.2, 0.25) is 0 Å². The number of ether oxygens (including phenoxy) is 2. The molecule has 0 spiro atoms. The zero-order chi connectivity index (χ0) is 26.8. The third kappa shape index (κ3) is 6.72. The van der Waals surface area contributed by atoms with Gasteiger partial charge >= 0.3 is 0 Å². The summed E-state index contributed by atoms with van der Waals surface area (Å²) >= 11 is 0. The fourth-order valence-corrected chi connectivity index (χ4v) is 5.39. The maximum atomic E-state index is 13.4. The molecule has 2 fully saturated rings. The number of piperidine rings is 2. The Kier molecular flexibility index (Phi) is 7.98. The minimum atomic E-state index is -3.21. The van der Waals surface area contributed by atoms with Gasteiger partial charge in [0.2, 0.25) is 21.8 Å². The number of carbonyl (C=O) groups is 1. The van der Waals surface area contributed by atoms with Crippen LogP contribution < -0.4 is 9.47 Å². The van der Waals surface area contributed by atoms with E-state index in [-0.39, 0.29) is 23.7 Å². The van der Waals surface area contributed by atoms with E-state index in [0.717, 1.165) is 6.92 Å². The van der Waals surface area contributed by atoms with Crippen LogP contribution in [0.1, 0.15) is 54.1 Å². The number of hydrogen-bond donors (Lipinski definition) is 0. The van der Waals surface area contributed by atoms with Crippen LogP contribution in [0.3, 0.4) is 0 Å². The lowest BCUT2D eigenvalue weighted by molar-refractivity contribution is 0.0174. The van der Waals surface area contributed by atoms with Gasteiger partial charge in [0.25, 0.3) is 11.8 Å². The van der Waals surface area contributed by atoms with Crippen molar-refractivity contribution in [3.05, 3.63) is 47.3 Å². The second-order valence-corrected chi connectivity index (χ2v) is 11.6. The third-order valence-electron chi connectivity index (χ3n) is 6.79. The first kappa shape index (κ1) is 27.2. The summed E-state index contributed by atoms with van der Waals surface area (Å²) in [5.74, 6) is -2.31. The van der Waals surface area contributed by atoms with Crippen molar-refractivity contribution in [2.24, 2.45) is 0 Å². The number of aromatic nitrogens is 2. The van der Waals surface area contributed by atoms with Crippen molar-refractivity contribution in [3.8, 4) is 11.8 Å².